The van der Waals surface area contributed by atoms with Gasteiger partial charge in [-0.25, -0.2) is 0 Å². The van der Waals surface area contributed by atoms with Gasteiger partial charge >= 0.3 is 0 Å². The van der Waals surface area contributed by atoms with E-state index in [-0.39, 0.29) is 0 Å². The van der Waals surface area contributed by atoms with Crippen LogP contribution in [-0.2, 0) is 4.74 Å². The van der Waals surface area contributed by atoms with E-state index in [4.69, 9.17) is 37.4 Å². The Morgan fingerprint density at radius 3 is 2.08 bits per heavy atom. The summed E-state index contributed by atoms with van der Waals surface area (Å²) in [4.78, 5) is 8.25. The van der Waals surface area contributed by atoms with Crippen LogP contribution >= 0.6 is 11.6 Å². The summed E-state index contributed by atoms with van der Waals surface area (Å²) >= 11 is 5.27. The number of nitrogens with two attached hydrogens (primary N) is 1. The molecule has 0 radical (unpaired) electrons. The highest BCUT2D eigenvalue weighted by molar-refractivity contribution is 6.18. The number of halogens is 1. The largest absolute Gasteiger partial charge is 0.372 e. The van der Waals surface area contributed by atoms with Gasteiger partial charge in [0.1, 0.15) is 0 Å². The van der Waals surface area contributed by atoms with Crippen molar-refractivity contribution in [3.63, 3.8) is 0 Å². The molecule has 0 bridgehead atoms. The standard InChI is InChI=1S/C3H5ClO.C3H7N.NO3/c4-1-3-2-5-3;1-2-3-4;2-1(3)4/h3H,1-2H2;2H,1,3-4H2;/q;;-1. The van der Waals surface area contributed by atoms with Gasteiger partial charge in [0.15, 0.2) is 0 Å². The number of rotatable bonds is 2. The van der Waals surface area contributed by atoms with E-state index >= 15 is 0 Å². The third-order valence-corrected chi connectivity index (χ3v) is 1.09. The van der Waals surface area contributed by atoms with Gasteiger partial charge in [0.25, 0.3) is 0 Å². The van der Waals surface area contributed by atoms with E-state index in [1.165, 1.54) is 0 Å². The Hall–Kier alpha value is -0.850. The number of hydrogen-bond acceptors (Lipinski definition) is 5. The van der Waals surface area contributed by atoms with Crippen molar-refractivity contribution < 1.29 is 9.82 Å². The van der Waals surface area contributed by atoms with Crippen molar-refractivity contribution in [3.05, 3.63) is 28.0 Å². The lowest BCUT2D eigenvalue weighted by atomic mass is 10.6. The molecule has 2 N–H and O–H groups in total. The van der Waals surface area contributed by atoms with Crippen molar-refractivity contribution in [1.29, 1.82) is 0 Å². The Balaban J connectivity index is 0. The van der Waals surface area contributed by atoms with Crippen LogP contribution in [0.4, 0.5) is 0 Å². The van der Waals surface area contributed by atoms with Crippen LogP contribution in [0.5, 0.6) is 0 Å². The summed E-state index contributed by atoms with van der Waals surface area (Å²) in [5.41, 5.74) is 4.91. The number of epoxide rings is 1. The fraction of sp³-hybridized carbons (Fsp3) is 0.667. The third kappa shape index (κ3) is 35.2. The Labute approximate surface area is 81.0 Å². The first-order chi connectivity index (χ1) is 6.08. The summed E-state index contributed by atoms with van der Waals surface area (Å²) in [6, 6.07) is 0. The Morgan fingerprint density at radius 1 is 1.77 bits per heavy atom. The molecule has 78 valence electrons. The molecule has 0 aliphatic carbocycles. The molecule has 0 saturated carbocycles. The van der Waals surface area contributed by atoms with Crippen LogP contribution in [0.15, 0.2) is 12.7 Å². The average Bonchev–Trinajstić information content (AvgIpc) is 2.86. The van der Waals surface area contributed by atoms with Gasteiger partial charge in [-0.2, -0.15) is 0 Å². The summed E-state index contributed by atoms with van der Waals surface area (Å²) in [5, 5.41) is 14.8. The minimum atomic E-state index is -1.75. The van der Waals surface area contributed by atoms with Crippen molar-refractivity contribution in [1.82, 2.24) is 0 Å². The molecule has 1 saturated heterocycles. The van der Waals surface area contributed by atoms with Crippen molar-refractivity contribution in [2.24, 2.45) is 5.73 Å². The fourth-order valence-electron chi connectivity index (χ4n) is 0.157. The predicted molar refractivity (Wildman–Crippen MR) is 50.1 cm³/mol. The maximum Gasteiger partial charge on any atom is 0.0944 e. The van der Waals surface area contributed by atoms with Crippen LogP contribution < -0.4 is 5.73 Å². The summed E-state index contributed by atoms with van der Waals surface area (Å²) in [5.74, 6) is 0.667. The zero-order chi connectivity index (χ0) is 10.7. The molecule has 1 heterocycles. The van der Waals surface area contributed by atoms with Gasteiger partial charge in [-0.1, -0.05) is 6.08 Å². The monoisotopic (exact) mass is 211 g/mol. The lowest BCUT2D eigenvalue weighted by molar-refractivity contribution is -0.402. The first kappa shape index (κ1) is 14.7. The Morgan fingerprint density at radius 2 is 2.08 bits per heavy atom. The lowest BCUT2D eigenvalue weighted by Gasteiger charge is -1.74. The zero-order valence-electron chi connectivity index (χ0n) is 7.02. The molecule has 7 heteroatoms. The van der Waals surface area contributed by atoms with Crippen LogP contribution in [0.2, 0.25) is 0 Å². The first-order valence-corrected chi connectivity index (χ1v) is 3.92. The molecule has 1 aliphatic heterocycles. The molecule has 0 spiro atoms. The lowest BCUT2D eigenvalue weighted by Crippen LogP contribution is -1.90. The maximum absolute atomic E-state index is 8.25. The van der Waals surface area contributed by atoms with Crippen LogP contribution in [0.3, 0.4) is 0 Å². The Kier molecular flexibility index (Phi) is 12.6. The minimum absolute atomic E-state index is 0.400. The minimum Gasteiger partial charge on any atom is -0.372 e. The van der Waals surface area contributed by atoms with Crippen LogP contribution in [-0.4, -0.2) is 30.2 Å². The molecule has 0 amide bonds. The SMILES string of the molecule is C=CCN.ClCC1CO1.O=[N+]([O-])[O-]. The fourth-order valence-corrected chi connectivity index (χ4v) is 0.335. The van der Waals surface area contributed by atoms with Crippen molar-refractivity contribution in [2.75, 3.05) is 19.0 Å². The van der Waals surface area contributed by atoms with E-state index < -0.39 is 5.09 Å². The first-order valence-electron chi connectivity index (χ1n) is 3.38. The highest BCUT2D eigenvalue weighted by atomic mass is 35.5. The number of nitrogens with zero attached hydrogens (tertiary/aromatic N) is 1. The van der Waals surface area contributed by atoms with Gasteiger partial charge in [-0.05, 0) is 0 Å². The quantitative estimate of drug-likeness (QED) is 0.236. The van der Waals surface area contributed by atoms with E-state index in [2.05, 4.69) is 6.58 Å². The van der Waals surface area contributed by atoms with Crippen LogP contribution in [0.1, 0.15) is 0 Å². The topological polar surface area (TPSA) is 105 Å². The molecule has 0 aromatic rings. The van der Waals surface area contributed by atoms with Crippen LogP contribution in [0.25, 0.3) is 0 Å². The normalized spacial score (nSPS) is 16.9. The average molecular weight is 212 g/mol. The molecule has 1 rings (SSSR count). The summed E-state index contributed by atoms with van der Waals surface area (Å²) in [6.07, 6.45) is 2.05. The zero-order valence-corrected chi connectivity index (χ0v) is 7.77. The molecular formula is C6H12ClN2O4-. The third-order valence-electron chi connectivity index (χ3n) is 0.741. The highest BCUT2D eigenvalue weighted by Crippen LogP contribution is 2.08. The molecule has 1 unspecified atom stereocenters. The molecule has 1 atom stereocenters. The smallest absolute Gasteiger partial charge is 0.0944 e. The molecule has 1 aliphatic rings. The van der Waals surface area contributed by atoms with Crippen molar-refractivity contribution >= 4 is 11.6 Å². The molecule has 0 aromatic heterocycles. The number of alkyl halides is 1. The molecule has 1 fully saturated rings. The van der Waals surface area contributed by atoms with E-state index in [1.54, 1.807) is 6.08 Å². The Bertz CT molecular complexity index is 137. The maximum atomic E-state index is 8.25. The van der Waals surface area contributed by atoms with E-state index in [1.807, 2.05) is 0 Å². The summed E-state index contributed by atoms with van der Waals surface area (Å²) < 4.78 is 4.73. The second-order valence-corrected chi connectivity index (χ2v) is 2.17. The van der Waals surface area contributed by atoms with E-state index in [0.717, 1.165) is 6.61 Å². The molecule has 6 nitrogen and oxygen atoms in total. The summed E-state index contributed by atoms with van der Waals surface area (Å²) in [7, 11) is 0. The predicted octanol–water partition coefficient (Wildman–Crippen LogP) is 0.516. The number of hydrogen-bond donors (Lipinski definition) is 1. The molecule has 13 heavy (non-hydrogen) atoms. The van der Waals surface area contributed by atoms with E-state index in [0.29, 0.717) is 18.5 Å². The van der Waals surface area contributed by atoms with Crippen molar-refractivity contribution in [3.8, 4) is 0 Å². The van der Waals surface area contributed by atoms with E-state index in [9.17, 15) is 0 Å². The summed E-state index contributed by atoms with van der Waals surface area (Å²) in [6.45, 7) is 4.82. The number of ether oxygens (including phenoxy) is 1. The van der Waals surface area contributed by atoms with Gasteiger partial charge in [0.2, 0.25) is 0 Å². The van der Waals surface area contributed by atoms with Gasteiger partial charge in [-0.3, -0.25) is 0 Å². The second-order valence-electron chi connectivity index (χ2n) is 1.86. The molecule has 0 aromatic carbocycles. The van der Waals surface area contributed by atoms with Gasteiger partial charge in [0.05, 0.1) is 23.7 Å². The second kappa shape index (κ2) is 11.2. The van der Waals surface area contributed by atoms with Gasteiger partial charge < -0.3 is 25.8 Å². The van der Waals surface area contributed by atoms with Gasteiger partial charge in [-0.15, -0.1) is 18.2 Å². The van der Waals surface area contributed by atoms with Gasteiger partial charge in [0, 0.05) is 6.54 Å². The highest BCUT2D eigenvalue weighted by Gasteiger charge is 2.19. The molecular weight excluding hydrogens is 200 g/mol. The van der Waals surface area contributed by atoms with Crippen molar-refractivity contribution in [2.45, 2.75) is 6.10 Å². The van der Waals surface area contributed by atoms with Crippen LogP contribution in [0, 0.1) is 15.3 Å².